The molecule has 1 aliphatic rings. The summed E-state index contributed by atoms with van der Waals surface area (Å²) >= 11 is 1.43. The van der Waals surface area contributed by atoms with Gasteiger partial charge in [-0.1, -0.05) is 30.6 Å². The number of amides is 1. The van der Waals surface area contributed by atoms with Gasteiger partial charge >= 0.3 is 0 Å². The molecule has 0 radical (unpaired) electrons. The Morgan fingerprint density at radius 1 is 1.22 bits per heavy atom. The average molecular weight is 390 g/mol. The molecule has 2 N–H and O–H groups in total. The van der Waals surface area contributed by atoms with E-state index in [1.54, 1.807) is 14.2 Å². The number of carbonyl (C=O) groups excluding carboxylic acids is 1. The number of ether oxygens (including phenoxy) is 2. The molecule has 0 aliphatic heterocycles. The van der Waals surface area contributed by atoms with Gasteiger partial charge in [-0.25, -0.2) is 4.98 Å². The molecular formula is C20H27N3O3S. The quantitative estimate of drug-likeness (QED) is 0.744. The van der Waals surface area contributed by atoms with E-state index < -0.39 is 0 Å². The maximum absolute atomic E-state index is 12.6. The van der Waals surface area contributed by atoms with E-state index in [1.165, 1.54) is 43.4 Å². The molecular weight excluding hydrogens is 362 g/mol. The molecule has 1 fully saturated rings. The Morgan fingerprint density at radius 2 is 2.00 bits per heavy atom. The molecule has 0 bridgehead atoms. The first-order chi connectivity index (χ1) is 13.1. The number of nitrogens with zero attached hydrogens (tertiary/aromatic N) is 1. The number of thiazole rings is 1. The van der Waals surface area contributed by atoms with Crippen molar-refractivity contribution in [3.05, 3.63) is 34.3 Å². The van der Waals surface area contributed by atoms with E-state index in [0.29, 0.717) is 23.2 Å². The summed E-state index contributed by atoms with van der Waals surface area (Å²) in [7, 11) is 3.22. The Balaban J connectivity index is 1.62. The SMILES string of the molecule is COc1ccc(CNC(=O)c2sc(NC3CCCCC3)nc2C)c(OC)c1. The molecule has 1 aliphatic carbocycles. The molecule has 1 saturated carbocycles. The Hall–Kier alpha value is -2.28. The Labute approximate surface area is 164 Å². The van der Waals surface area contributed by atoms with Crippen molar-refractivity contribution in [3.63, 3.8) is 0 Å². The second kappa shape index (κ2) is 9.08. The molecule has 2 aromatic rings. The van der Waals surface area contributed by atoms with Crippen molar-refractivity contribution >= 4 is 22.4 Å². The first-order valence-corrected chi connectivity index (χ1v) is 10.2. The lowest BCUT2D eigenvalue weighted by Gasteiger charge is -2.22. The summed E-state index contributed by atoms with van der Waals surface area (Å²) in [5.41, 5.74) is 1.66. The largest absolute Gasteiger partial charge is 0.497 e. The van der Waals surface area contributed by atoms with Crippen molar-refractivity contribution in [2.24, 2.45) is 0 Å². The van der Waals surface area contributed by atoms with Crippen LogP contribution in [0.5, 0.6) is 11.5 Å². The van der Waals surface area contributed by atoms with E-state index in [-0.39, 0.29) is 5.91 Å². The van der Waals surface area contributed by atoms with Gasteiger partial charge in [0, 0.05) is 24.2 Å². The number of rotatable bonds is 7. The number of aryl methyl sites for hydroxylation is 1. The summed E-state index contributed by atoms with van der Waals surface area (Å²) in [5, 5.41) is 7.30. The van der Waals surface area contributed by atoms with Gasteiger partial charge in [0.2, 0.25) is 0 Å². The normalized spacial score (nSPS) is 14.6. The lowest BCUT2D eigenvalue weighted by atomic mass is 9.96. The summed E-state index contributed by atoms with van der Waals surface area (Å²) in [6.45, 7) is 2.26. The molecule has 3 rings (SSSR count). The van der Waals surface area contributed by atoms with Crippen LogP contribution in [0.3, 0.4) is 0 Å². The van der Waals surface area contributed by atoms with Crippen molar-refractivity contribution in [3.8, 4) is 11.5 Å². The standard InChI is InChI=1S/C20H27N3O3S/c1-13-18(27-20(22-13)23-15-7-5-4-6-8-15)19(24)21-12-14-9-10-16(25-2)11-17(14)26-3/h9-11,15H,4-8,12H2,1-3H3,(H,21,24)(H,22,23). The van der Waals surface area contributed by atoms with Crippen LogP contribution < -0.4 is 20.1 Å². The van der Waals surface area contributed by atoms with Crippen LogP contribution in [-0.4, -0.2) is 31.2 Å². The van der Waals surface area contributed by atoms with Gasteiger partial charge in [0.05, 0.1) is 19.9 Å². The fraction of sp³-hybridized carbons (Fsp3) is 0.500. The number of hydrogen-bond donors (Lipinski definition) is 2. The van der Waals surface area contributed by atoms with Crippen molar-refractivity contribution in [2.75, 3.05) is 19.5 Å². The highest BCUT2D eigenvalue weighted by Gasteiger charge is 2.19. The van der Waals surface area contributed by atoms with Gasteiger partial charge in [0.25, 0.3) is 5.91 Å². The van der Waals surface area contributed by atoms with Crippen molar-refractivity contribution in [2.45, 2.75) is 51.6 Å². The molecule has 6 nitrogen and oxygen atoms in total. The summed E-state index contributed by atoms with van der Waals surface area (Å²) in [6, 6.07) is 6.04. The van der Waals surface area contributed by atoms with Gasteiger partial charge in [-0.15, -0.1) is 0 Å². The third-order valence-corrected chi connectivity index (χ3v) is 5.96. The van der Waals surface area contributed by atoms with E-state index in [1.807, 2.05) is 25.1 Å². The fourth-order valence-electron chi connectivity index (χ4n) is 3.34. The minimum Gasteiger partial charge on any atom is -0.497 e. The molecule has 1 heterocycles. The topological polar surface area (TPSA) is 72.5 Å². The number of hydrogen-bond acceptors (Lipinski definition) is 6. The van der Waals surface area contributed by atoms with Crippen LogP contribution in [0.4, 0.5) is 5.13 Å². The Bertz CT molecular complexity index is 785. The highest BCUT2D eigenvalue weighted by atomic mass is 32.1. The van der Waals surface area contributed by atoms with Gasteiger partial charge in [-0.05, 0) is 31.9 Å². The minimum atomic E-state index is -0.112. The molecule has 0 unspecified atom stereocenters. The minimum absolute atomic E-state index is 0.112. The molecule has 7 heteroatoms. The van der Waals surface area contributed by atoms with Crippen LogP contribution in [0, 0.1) is 6.92 Å². The Morgan fingerprint density at radius 3 is 2.70 bits per heavy atom. The first-order valence-electron chi connectivity index (χ1n) is 9.33. The van der Waals surface area contributed by atoms with Gasteiger partial charge in [0.1, 0.15) is 16.4 Å². The second-order valence-electron chi connectivity index (χ2n) is 6.77. The predicted molar refractivity (Wildman–Crippen MR) is 108 cm³/mol. The zero-order valence-electron chi connectivity index (χ0n) is 16.1. The second-order valence-corrected chi connectivity index (χ2v) is 7.77. The van der Waals surface area contributed by atoms with Crippen LogP contribution in [0.2, 0.25) is 0 Å². The smallest absolute Gasteiger partial charge is 0.263 e. The number of aromatic nitrogens is 1. The van der Waals surface area contributed by atoms with E-state index in [0.717, 1.165) is 22.1 Å². The molecule has 1 aromatic heterocycles. The molecule has 0 saturated heterocycles. The fourth-order valence-corrected chi connectivity index (χ4v) is 4.30. The third kappa shape index (κ3) is 4.91. The Kier molecular flexibility index (Phi) is 6.55. The third-order valence-electron chi connectivity index (χ3n) is 4.87. The lowest BCUT2D eigenvalue weighted by molar-refractivity contribution is 0.0954. The van der Waals surface area contributed by atoms with Crippen LogP contribution in [0.25, 0.3) is 0 Å². The van der Waals surface area contributed by atoms with Crippen molar-refractivity contribution in [1.82, 2.24) is 10.3 Å². The predicted octanol–water partition coefficient (Wildman–Crippen LogP) is 4.14. The number of nitrogens with one attached hydrogen (secondary N) is 2. The maximum atomic E-state index is 12.6. The van der Waals surface area contributed by atoms with Crippen LogP contribution in [0.1, 0.15) is 53.0 Å². The molecule has 146 valence electrons. The van der Waals surface area contributed by atoms with E-state index in [2.05, 4.69) is 15.6 Å². The lowest BCUT2D eigenvalue weighted by Crippen LogP contribution is -2.23. The average Bonchev–Trinajstić information content (AvgIpc) is 3.06. The number of benzene rings is 1. The van der Waals surface area contributed by atoms with Gasteiger partial charge in [0.15, 0.2) is 5.13 Å². The number of anilines is 1. The van der Waals surface area contributed by atoms with Gasteiger partial charge in [-0.2, -0.15) is 0 Å². The highest BCUT2D eigenvalue weighted by Crippen LogP contribution is 2.28. The van der Waals surface area contributed by atoms with Crippen LogP contribution in [0.15, 0.2) is 18.2 Å². The maximum Gasteiger partial charge on any atom is 0.263 e. The molecule has 1 amide bonds. The van der Waals surface area contributed by atoms with Gasteiger partial charge < -0.3 is 20.1 Å². The van der Waals surface area contributed by atoms with Crippen molar-refractivity contribution < 1.29 is 14.3 Å². The molecule has 1 aromatic carbocycles. The summed E-state index contributed by atoms with van der Waals surface area (Å²) < 4.78 is 10.6. The van der Waals surface area contributed by atoms with E-state index >= 15 is 0 Å². The summed E-state index contributed by atoms with van der Waals surface area (Å²) in [5.74, 6) is 1.30. The molecule has 0 spiro atoms. The van der Waals surface area contributed by atoms with Gasteiger partial charge in [-0.3, -0.25) is 4.79 Å². The zero-order chi connectivity index (χ0) is 19.2. The summed E-state index contributed by atoms with van der Waals surface area (Å²) in [4.78, 5) is 17.8. The van der Waals surface area contributed by atoms with E-state index in [9.17, 15) is 4.79 Å². The van der Waals surface area contributed by atoms with Crippen molar-refractivity contribution in [1.29, 1.82) is 0 Å². The number of carbonyl (C=O) groups is 1. The molecule has 0 atom stereocenters. The zero-order valence-corrected chi connectivity index (χ0v) is 16.9. The highest BCUT2D eigenvalue weighted by molar-refractivity contribution is 7.17. The van der Waals surface area contributed by atoms with Crippen LogP contribution in [-0.2, 0) is 6.54 Å². The van der Waals surface area contributed by atoms with E-state index in [4.69, 9.17) is 9.47 Å². The monoisotopic (exact) mass is 389 g/mol. The number of methoxy groups -OCH3 is 2. The van der Waals surface area contributed by atoms with Crippen LogP contribution >= 0.6 is 11.3 Å². The summed E-state index contributed by atoms with van der Waals surface area (Å²) in [6.07, 6.45) is 6.20. The first kappa shape index (κ1) is 19.5. The molecule has 27 heavy (non-hydrogen) atoms.